The number of nitrogens with two attached hydrogens (primary N) is 2. The van der Waals surface area contributed by atoms with Gasteiger partial charge in [-0.1, -0.05) is 25.0 Å². The Balaban J connectivity index is 1.47. The molecule has 2 heterocycles. The van der Waals surface area contributed by atoms with Gasteiger partial charge in [0.25, 0.3) is 5.91 Å². The normalized spacial score (nSPS) is 17.5. The highest BCUT2D eigenvalue weighted by Crippen LogP contribution is 2.39. The van der Waals surface area contributed by atoms with Crippen LogP contribution in [0.3, 0.4) is 0 Å². The molecule has 5 rings (SSSR count). The van der Waals surface area contributed by atoms with E-state index in [1.807, 2.05) is 54.6 Å². The summed E-state index contributed by atoms with van der Waals surface area (Å²) in [5.41, 5.74) is 16.2. The first-order valence-electron chi connectivity index (χ1n) is 12.6. The monoisotopic (exact) mass is 500 g/mol. The van der Waals surface area contributed by atoms with Crippen LogP contribution in [0.5, 0.6) is 11.5 Å². The molecule has 0 spiro atoms. The van der Waals surface area contributed by atoms with Gasteiger partial charge in [0.05, 0.1) is 12.7 Å². The van der Waals surface area contributed by atoms with Crippen LogP contribution in [0.1, 0.15) is 36.0 Å². The Morgan fingerprint density at radius 1 is 1.11 bits per heavy atom. The van der Waals surface area contributed by atoms with Crippen LogP contribution >= 0.6 is 0 Å². The first-order chi connectivity index (χ1) is 18.1. The van der Waals surface area contributed by atoms with Crippen molar-refractivity contribution in [1.82, 2.24) is 10.3 Å². The van der Waals surface area contributed by atoms with Gasteiger partial charge < -0.3 is 30.7 Å². The molecule has 37 heavy (non-hydrogen) atoms. The molecule has 1 amide bonds. The van der Waals surface area contributed by atoms with Crippen molar-refractivity contribution in [2.45, 2.75) is 37.8 Å². The minimum absolute atomic E-state index is 0.00144. The Bertz CT molecular complexity index is 1400. The Morgan fingerprint density at radius 3 is 2.78 bits per heavy atom. The number of pyridine rings is 1. The summed E-state index contributed by atoms with van der Waals surface area (Å²) in [6.45, 7) is 0.831. The van der Waals surface area contributed by atoms with Crippen LogP contribution < -0.4 is 26.3 Å². The third kappa shape index (κ3) is 5.30. The predicted molar refractivity (Wildman–Crippen MR) is 144 cm³/mol. The van der Waals surface area contributed by atoms with E-state index in [0.717, 1.165) is 42.4 Å². The highest BCUT2D eigenvalue weighted by atomic mass is 16.5. The molecule has 0 bridgehead atoms. The molecule has 192 valence electrons. The number of nitrogens with zero attached hydrogens (tertiary/aromatic N) is 1. The number of carbonyl (C=O) groups is 1. The second kappa shape index (κ2) is 11.0. The van der Waals surface area contributed by atoms with E-state index in [2.05, 4.69) is 10.3 Å². The fourth-order valence-corrected chi connectivity index (χ4v) is 4.86. The van der Waals surface area contributed by atoms with Crippen LogP contribution in [0, 0.1) is 0 Å². The zero-order chi connectivity index (χ0) is 25.8. The first kappa shape index (κ1) is 24.8. The van der Waals surface area contributed by atoms with Gasteiger partial charge in [0, 0.05) is 42.0 Å². The maximum atomic E-state index is 13.0. The maximum absolute atomic E-state index is 13.0. The van der Waals surface area contributed by atoms with Gasteiger partial charge in [0.1, 0.15) is 29.4 Å². The molecule has 2 aromatic carbocycles. The zero-order valence-electron chi connectivity index (χ0n) is 20.9. The topological polar surface area (TPSA) is 126 Å². The fourth-order valence-electron chi connectivity index (χ4n) is 4.86. The molecule has 8 heteroatoms. The molecule has 5 N–H and O–H groups in total. The second-order valence-corrected chi connectivity index (χ2v) is 9.29. The summed E-state index contributed by atoms with van der Waals surface area (Å²) in [7, 11) is 1.61. The van der Waals surface area contributed by atoms with Gasteiger partial charge in [0.2, 0.25) is 0 Å². The first-order valence-corrected chi connectivity index (χ1v) is 12.6. The minimum Gasteiger partial charge on any atom is -0.496 e. The minimum atomic E-state index is -0.117. The number of hydrogen-bond acceptors (Lipinski definition) is 7. The van der Waals surface area contributed by atoms with Gasteiger partial charge in [-0.25, -0.2) is 0 Å². The Hall–Kier alpha value is -3.88. The van der Waals surface area contributed by atoms with Gasteiger partial charge in [-0.05, 0) is 54.8 Å². The summed E-state index contributed by atoms with van der Waals surface area (Å²) in [5.74, 6) is 1.81. The van der Waals surface area contributed by atoms with E-state index in [4.69, 9.17) is 25.4 Å². The number of benzene rings is 2. The average molecular weight is 501 g/mol. The van der Waals surface area contributed by atoms with Crippen LogP contribution in [0.4, 0.5) is 0 Å². The molecule has 4 aromatic rings. The second-order valence-electron chi connectivity index (χ2n) is 9.29. The quantitative estimate of drug-likeness (QED) is 0.325. The number of carbonyl (C=O) groups excluding carboxylic acids is 1. The van der Waals surface area contributed by atoms with E-state index >= 15 is 0 Å². The molecule has 1 unspecified atom stereocenters. The Morgan fingerprint density at radius 2 is 1.97 bits per heavy atom. The molecule has 1 fully saturated rings. The smallest absolute Gasteiger partial charge is 0.251 e. The number of hydrogen-bond donors (Lipinski definition) is 3. The van der Waals surface area contributed by atoms with Crippen molar-refractivity contribution >= 4 is 17.0 Å². The van der Waals surface area contributed by atoms with E-state index in [1.165, 1.54) is 0 Å². The number of aromatic nitrogens is 1. The van der Waals surface area contributed by atoms with Crippen LogP contribution in [0.2, 0.25) is 0 Å². The van der Waals surface area contributed by atoms with E-state index < -0.39 is 0 Å². The van der Waals surface area contributed by atoms with Crippen LogP contribution in [0.25, 0.3) is 33.6 Å². The number of fused-ring (bicyclic) bond motifs is 1. The van der Waals surface area contributed by atoms with Gasteiger partial charge in [0.15, 0.2) is 5.58 Å². The van der Waals surface area contributed by atoms with Gasteiger partial charge in [-0.2, -0.15) is 0 Å². The summed E-state index contributed by atoms with van der Waals surface area (Å²) in [4.78, 5) is 17.5. The number of ether oxygens (including phenoxy) is 2. The molecule has 8 nitrogen and oxygen atoms in total. The molecular weight excluding hydrogens is 468 g/mol. The van der Waals surface area contributed by atoms with Crippen LogP contribution in [-0.2, 0) is 0 Å². The summed E-state index contributed by atoms with van der Waals surface area (Å²) in [6.07, 6.45) is 5.79. The zero-order valence-corrected chi connectivity index (χ0v) is 20.9. The molecule has 0 saturated heterocycles. The van der Waals surface area contributed by atoms with Gasteiger partial charge in [-0.3, -0.25) is 9.78 Å². The van der Waals surface area contributed by atoms with Crippen molar-refractivity contribution < 1.29 is 18.7 Å². The number of rotatable bonds is 8. The standard InChI is InChI=1S/C29H32N4O4/c1-35-26-10-9-20(36-14-12-30)16-22(26)27-17-25-28(37-27)21(11-13-32-25)18-5-4-6-19(15-18)29(34)33-24-8-3-2-7-23(24)31/h4-6,9-11,13,15-17,23-24H,2-3,7-8,12,14,30-31H2,1H3,(H,33,34)/t23-,24?/m0/s1. The third-order valence-electron chi connectivity index (χ3n) is 6.81. The molecule has 1 aliphatic carbocycles. The van der Waals surface area contributed by atoms with E-state index in [0.29, 0.717) is 47.1 Å². The molecule has 1 aliphatic rings. The van der Waals surface area contributed by atoms with Crippen molar-refractivity contribution in [3.63, 3.8) is 0 Å². The summed E-state index contributed by atoms with van der Waals surface area (Å²) >= 11 is 0. The van der Waals surface area contributed by atoms with Crippen molar-refractivity contribution in [2.75, 3.05) is 20.3 Å². The summed E-state index contributed by atoms with van der Waals surface area (Å²) in [6, 6.07) is 16.8. The highest BCUT2D eigenvalue weighted by Gasteiger charge is 2.24. The predicted octanol–water partition coefficient (Wildman–Crippen LogP) is 4.51. The SMILES string of the molecule is COc1ccc(OCCN)cc1-c1cc2nccc(-c3cccc(C(=O)NC4CCCC[C@@H]4N)c3)c2o1. The summed E-state index contributed by atoms with van der Waals surface area (Å²) < 4.78 is 17.6. The van der Waals surface area contributed by atoms with Crippen LogP contribution in [-0.4, -0.2) is 43.2 Å². The van der Waals surface area contributed by atoms with E-state index in [-0.39, 0.29) is 18.0 Å². The lowest BCUT2D eigenvalue weighted by Crippen LogP contribution is -2.49. The lowest BCUT2D eigenvalue weighted by atomic mass is 9.91. The van der Waals surface area contributed by atoms with Crippen molar-refractivity contribution in [3.8, 4) is 33.9 Å². The third-order valence-corrected chi connectivity index (χ3v) is 6.81. The van der Waals surface area contributed by atoms with Gasteiger partial charge >= 0.3 is 0 Å². The van der Waals surface area contributed by atoms with E-state index in [9.17, 15) is 4.79 Å². The largest absolute Gasteiger partial charge is 0.496 e. The number of furan rings is 1. The summed E-state index contributed by atoms with van der Waals surface area (Å²) in [5, 5.41) is 3.13. The van der Waals surface area contributed by atoms with Crippen LogP contribution in [0.15, 0.2) is 65.2 Å². The molecule has 0 radical (unpaired) electrons. The molecule has 2 aromatic heterocycles. The maximum Gasteiger partial charge on any atom is 0.251 e. The van der Waals surface area contributed by atoms with Crippen molar-refractivity contribution in [2.24, 2.45) is 11.5 Å². The number of amides is 1. The fraction of sp³-hybridized carbons (Fsp3) is 0.310. The molecule has 2 atom stereocenters. The number of nitrogens with one attached hydrogen (secondary N) is 1. The van der Waals surface area contributed by atoms with Gasteiger partial charge in [-0.15, -0.1) is 0 Å². The molecule has 0 aliphatic heterocycles. The average Bonchev–Trinajstić information content (AvgIpc) is 3.37. The highest BCUT2D eigenvalue weighted by molar-refractivity contribution is 5.98. The Labute approximate surface area is 216 Å². The Kier molecular flexibility index (Phi) is 7.39. The molecule has 1 saturated carbocycles. The lowest BCUT2D eigenvalue weighted by molar-refractivity contribution is 0.0921. The molecular formula is C29H32N4O4. The number of methoxy groups -OCH3 is 1. The lowest BCUT2D eigenvalue weighted by Gasteiger charge is -2.29. The van der Waals surface area contributed by atoms with Crippen molar-refractivity contribution in [3.05, 3.63) is 66.4 Å². The van der Waals surface area contributed by atoms with Crippen molar-refractivity contribution in [1.29, 1.82) is 0 Å². The van der Waals surface area contributed by atoms with E-state index in [1.54, 1.807) is 13.3 Å².